The summed E-state index contributed by atoms with van der Waals surface area (Å²) < 4.78 is 5.50. The van der Waals surface area contributed by atoms with Crippen molar-refractivity contribution in [2.45, 2.75) is 32.0 Å². The summed E-state index contributed by atoms with van der Waals surface area (Å²) in [7, 11) is 0. The largest absolute Gasteiger partial charge is 0.494 e. The average molecular weight is 208 g/mol. The molecule has 3 heteroatoms. The summed E-state index contributed by atoms with van der Waals surface area (Å²) >= 11 is 0. The predicted molar refractivity (Wildman–Crippen MR) is 57.0 cm³/mol. The van der Waals surface area contributed by atoms with Gasteiger partial charge in [0.25, 0.3) is 0 Å². The molecule has 0 heterocycles. The maximum atomic E-state index is 9.61. The first kappa shape index (κ1) is 10.5. The van der Waals surface area contributed by atoms with Gasteiger partial charge in [0.15, 0.2) is 0 Å². The van der Waals surface area contributed by atoms with E-state index in [-0.39, 0.29) is 0 Å². The van der Waals surface area contributed by atoms with Gasteiger partial charge in [-0.1, -0.05) is 12.1 Å². The minimum absolute atomic E-state index is 0.479. The number of benzene rings is 1. The molecule has 1 aromatic carbocycles. The molecule has 0 amide bonds. The standard InChI is InChI=1S/C12H16O3/c1-2-15-12-5-3-4-8-6-10(13)11(14)7-9(8)12/h3-5,10-11,13-14H,2,6-7H2,1H3/t10-,11+/m0/s1. The van der Waals surface area contributed by atoms with Crippen LogP contribution in [0.4, 0.5) is 0 Å². The second-order valence-corrected chi connectivity index (χ2v) is 3.87. The van der Waals surface area contributed by atoms with Crippen LogP contribution in [0.3, 0.4) is 0 Å². The molecule has 0 unspecified atom stereocenters. The maximum Gasteiger partial charge on any atom is 0.122 e. The first-order chi connectivity index (χ1) is 7.22. The summed E-state index contributed by atoms with van der Waals surface area (Å²) in [6.45, 7) is 2.56. The quantitative estimate of drug-likeness (QED) is 0.759. The fraction of sp³-hybridized carbons (Fsp3) is 0.500. The van der Waals surface area contributed by atoms with Gasteiger partial charge in [-0.3, -0.25) is 0 Å². The fourth-order valence-corrected chi connectivity index (χ4v) is 2.03. The zero-order valence-electron chi connectivity index (χ0n) is 8.81. The van der Waals surface area contributed by atoms with Crippen molar-refractivity contribution >= 4 is 0 Å². The van der Waals surface area contributed by atoms with Gasteiger partial charge in [-0.2, -0.15) is 0 Å². The van der Waals surface area contributed by atoms with Gasteiger partial charge in [0.05, 0.1) is 18.8 Å². The van der Waals surface area contributed by atoms with Crippen LogP contribution in [0.1, 0.15) is 18.1 Å². The highest BCUT2D eigenvalue weighted by Gasteiger charge is 2.26. The Morgan fingerprint density at radius 3 is 2.73 bits per heavy atom. The van der Waals surface area contributed by atoms with E-state index in [9.17, 15) is 10.2 Å². The first-order valence-electron chi connectivity index (χ1n) is 5.32. The van der Waals surface area contributed by atoms with Crippen LogP contribution in [-0.4, -0.2) is 29.0 Å². The number of fused-ring (bicyclic) bond motifs is 1. The summed E-state index contributed by atoms with van der Waals surface area (Å²) in [5, 5.41) is 19.2. The smallest absolute Gasteiger partial charge is 0.122 e. The molecular formula is C12H16O3. The van der Waals surface area contributed by atoms with Crippen LogP contribution in [0.15, 0.2) is 18.2 Å². The van der Waals surface area contributed by atoms with E-state index in [1.54, 1.807) is 0 Å². The van der Waals surface area contributed by atoms with Crippen LogP contribution in [0.25, 0.3) is 0 Å². The highest BCUT2D eigenvalue weighted by Crippen LogP contribution is 2.29. The third-order valence-electron chi connectivity index (χ3n) is 2.82. The molecule has 1 aliphatic rings. The number of rotatable bonds is 2. The third kappa shape index (κ3) is 1.98. The van der Waals surface area contributed by atoms with Crippen molar-refractivity contribution in [2.24, 2.45) is 0 Å². The Bertz CT molecular complexity index is 334. The van der Waals surface area contributed by atoms with Crippen molar-refractivity contribution in [3.05, 3.63) is 29.3 Å². The molecular weight excluding hydrogens is 192 g/mol. The molecule has 1 aromatic rings. The van der Waals surface area contributed by atoms with E-state index >= 15 is 0 Å². The molecule has 0 aliphatic heterocycles. The lowest BCUT2D eigenvalue weighted by molar-refractivity contribution is 0.0136. The normalized spacial score (nSPS) is 24.7. The molecule has 0 spiro atoms. The highest BCUT2D eigenvalue weighted by atomic mass is 16.5. The molecule has 2 atom stereocenters. The van der Waals surface area contributed by atoms with E-state index in [1.165, 1.54) is 0 Å². The monoisotopic (exact) mass is 208 g/mol. The fourth-order valence-electron chi connectivity index (χ4n) is 2.03. The second-order valence-electron chi connectivity index (χ2n) is 3.87. The van der Waals surface area contributed by atoms with E-state index in [0.29, 0.717) is 19.4 Å². The van der Waals surface area contributed by atoms with E-state index in [2.05, 4.69) is 0 Å². The Kier molecular flexibility index (Phi) is 2.93. The molecule has 2 N–H and O–H groups in total. The summed E-state index contributed by atoms with van der Waals surface area (Å²) in [6, 6.07) is 5.81. The SMILES string of the molecule is CCOc1cccc2c1C[C@@H](O)[C@@H](O)C2. The van der Waals surface area contributed by atoms with Crippen LogP contribution in [0, 0.1) is 0 Å². The topological polar surface area (TPSA) is 49.7 Å². The minimum Gasteiger partial charge on any atom is -0.494 e. The van der Waals surface area contributed by atoms with Crippen molar-refractivity contribution in [3.63, 3.8) is 0 Å². The predicted octanol–water partition coefficient (Wildman–Crippen LogP) is 0.906. The Balaban J connectivity index is 2.34. The summed E-state index contributed by atoms with van der Waals surface area (Å²) in [5.74, 6) is 0.834. The van der Waals surface area contributed by atoms with Crippen LogP contribution in [-0.2, 0) is 12.8 Å². The van der Waals surface area contributed by atoms with E-state index < -0.39 is 12.2 Å². The minimum atomic E-state index is -0.667. The highest BCUT2D eigenvalue weighted by molar-refractivity contribution is 5.42. The molecule has 2 rings (SSSR count). The van der Waals surface area contributed by atoms with Crippen molar-refractivity contribution in [2.75, 3.05) is 6.61 Å². The van der Waals surface area contributed by atoms with Crippen LogP contribution in [0.5, 0.6) is 5.75 Å². The zero-order chi connectivity index (χ0) is 10.8. The summed E-state index contributed by atoms with van der Waals surface area (Å²) in [5.41, 5.74) is 2.12. The van der Waals surface area contributed by atoms with Gasteiger partial charge in [0, 0.05) is 18.4 Å². The zero-order valence-corrected chi connectivity index (χ0v) is 8.81. The Labute approximate surface area is 89.3 Å². The molecule has 15 heavy (non-hydrogen) atoms. The van der Waals surface area contributed by atoms with Gasteiger partial charge < -0.3 is 14.9 Å². The van der Waals surface area contributed by atoms with Crippen LogP contribution < -0.4 is 4.74 Å². The lowest BCUT2D eigenvalue weighted by atomic mass is 9.87. The van der Waals surface area contributed by atoms with E-state index in [4.69, 9.17) is 4.74 Å². The number of hydrogen-bond acceptors (Lipinski definition) is 3. The number of aliphatic hydroxyl groups is 2. The lowest BCUT2D eigenvalue weighted by Crippen LogP contribution is -2.34. The second kappa shape index (κ2) is 4.21. The molecule has 0 aromatic heterocycles. The van der Waals surface area contributed by atoms with Crippen molar-refractivity contribution in [3.8, 4) is 5.75 Å². The molecule has 1 aliphatic carbocycles. The summed E-state index contributed by atoms with van der Waals surface area (Å²) in [6.07, 6.45) is -0.321. The van der Waals surface area contributed by atoms with Crippen molar-refractivity contribution in [1.29, 1.82) is 0 Å². The number of aliphatic hydroxyl groups excluding tert-OH is 2. The van der Waals surface area contributed by atoms with Crippen LogP contribution in [0.2, 0.25) is 0 Å². The lowest BCUT2D eigenvalue weighted by Gasteiger charge is -2.27. The molecule has 3 nitrogen and oxygen atoms in total. The molecule has 82 valence electrons. The van der Waals surface area contributed by atoms with Gasteiger partial charge in [0.2, 0.25) is 0 Å². The van der Waals surface area contributed by atoms with Gasteiger partial charge >= 0.3 is 0 Å². The van der Waals surface area contributed by atoms with Crippen molar-refractivity contribution < 1.29 is 14.9 Å². The first-order valence-corrected chi connectivity index (χ1v) is 5.32. The van der Waals surface area contributed by atoms with Gasteiger partial charge in [-0.25, -0.2) is 0 Å². The molecule has 0 bridgehead atoms. The summed E-state index contributed by atoms with van der Waals surface area (Å²) in [4.78, 5) is 0. The van der Waals surface area contributed by atoms with Gasteiger partial charge in [-0.15, -0.1) is 0 Å². The van der Waals surface area contributed by atoms with Crippen LogP contribution >= 0.6 is 0 Å². The molecule has 0 saturated carbocycles. The maximum absolute atomic E-state index is 9.61. The molecule has 0 saturated heterocycles. The Morgan fingerprint density at radius 2 is 2.00 bits per heavy atom. The van der Waals surface area contributed by atoms with E-state index in [1.807, 2.05) is 25.1 Å². The Hall–Kier alpha value is -1.06. The number of hydrogen-bond donors (Lipinski definition) is 2. The third-order valence-corrected chi connectivity index (χ3v) is 2.82. The van der Waals surface area contributed by atoms with Gasteiger partial charge in [0.1, 0.15) is 5.75 Å². The average Bonchev–Trinajstić information content (AvgIpc) is 2.21. The Morgan fingerprint density at radius 1 is 1.27 bits per heavy atom. The van der Waals surface area contributed by atoms with Gasteiger partial charge in [-0.05, 0) is 18.6 Å². The molecule has 0 fully saturated rings. The number of ether oxygens (including phenoxy) is 1. The van der Waals surface area contributed by atoms with Crippen molar-refractivity contribution in [1.82, 2.24) is 0 Å². The molecule has 0 radical (unpaired) electrons. The van der Waals surface area contributed by atoms with E-state index in [0.717, 1.165) is 16.9 Å².